The SMILES string of the molecule is COc1cc(/C=N/NC(=O)C(C)NC(=O)c2ccccc2Br)cc(I)c1O. The molecule has 0 bridgehead atoms. The number of ether oxygens (including phenoxy) is 1. The number of hydrogen-bond donors (Lipinski definition) is 3. The molecule has 0 heterocycles. The Bertz CT molecular complexity index is 889. The highest BCUT2D eigenvalue weighted by molar-refractivity contribution is 14.1. The number of nitrogens with zero attached hydrogens (tertiary/aromatic N) is 1. The number of methoxy groups -OCH3 is 1. The Hall–Kier alpha value is -2.14. The van der Waals surface area contributed by atoms with E-state index >= 15 is 0 Å². The average molecular weight is 546 g/mol. The van der Waals surface area contributed by atoms with E-state index in [4.69, 9.17) is 4.74 Å². The van der Waals surface area contributed by atoms with Crippen LogP contribution in [-0.4, -0.2) is 36.3 Å². The maximum absolute atomic E-state index is 12.2. The van der Waals surface area contributed by atoms with Gasteiger partial charge in [-0.05, 0) is 75.3 Å². The predicted molar refractivity (Wildman–Crippen MR) is 114 cm³/mol. The van der Waals surface area contributed by atoms with E-state index < -0.39 is 11.9 Å². The van der Waals surface area contributed by atoms with Gasteiger partial charge >= 0.3 is 0 Å². The molecule has 0 saturated carbocycles. The fraction of sp³-hybridized carbons (Fsp3) is 0.167. The maximum Gasteiger partial charge on any atom is 0.262 e. The first-order valence-corrected chi connectivity index (χ1v) is 9.65. The lowest BCUT2D eigenvalue weighted by atomic mass is 10.2. The molecule has 0 aliphatic heterocycles. The second-order valence-corrected chi connectivity index (χ2v) is 7.48. The summed E-state index contributed by atoms with van der Waals surface area (Å²) in [6, 6.07) is 9.43. The number of aromatic hydroxyl groups is 1. The van der Waals surface area contributed by atoms with Gasteiger partial charge in [0, 0.05) is 4.47 Å². The molecular formula is C18H17BrIN3O4. The number of amides is 2. The minimum absolute atomic E-state index is 0.0442. The summed E-state index contributed by atoms with van der Waals surface area (Å²) in [6.07, 6.45) is 1.42. The van der Waals surface area contributed by atoms with E-state index in [-0.39, 0.29) is 11.7 Å². The molecule has 2 aromatic carbocycles. The third-order valence-corrected chi connectivity index (χ3v) is 5.03. The minimum Gasteiger partial charge on any atom is -0.504 e. The monoisotopic (exact) mass is 545 g/mol. The summed E-state index contributed by atoms with van der Waals surface area (Å²) >= 11 is 5.27. The first-order chi connectivity index (χ1) is 12.8. The number of phenols is 1. The number of hydrazone groups is 1. The molecule has 2 amide bonds. The van der Waals surface area contributed by atoms with E-state index in [2.05, 4.69) is 31.8 Å². The Labute approximate surface area is 178 Å². The predicted octanol–water partition coefficient (Wildman–Crippen LogP) is 3.04. The van der Waals surface area contributed by atoms with Gasteiger partial charge in [0.05, 0.1) is 22.5 Å². The van der Waals surface area contributed by atoms with Gasteiger partial charge < -0.3 is 15.2 Å². The number of rotatable bonds is 6. The molecule has 1 atom stereocenters. The highest BCUT2D eigenvalue weighted by Crippen LogP contribution is 2.31. The van der Waals surface area contributed by atoms with Crippen molar-refractivity contribution in [1.29, 1.82) is 0 Å². The van der Waals surface area contributed by atoms with Gasteiger partial charge in [-0.1, -0.05) is 12.1 Å². The highest BCUT2D eigenvalue weighted by Gasteiger charge is 2.17. The Balaban J connectivity index is 1.97. The number of nitrogens with one attached hydrogen (secondary N) is 2. The molecule has 2 rings (SSSR count). The van der Waals surface area contributed by atoms with Crippen LogP contribution in [0.2, 0.25) is 0 Å². The van der Waals surface area contributed by atoms with Gasteiger partial charge in [0.25, 0.3) is 11.8 Å². The zero-order valence-electron chi connectivity index (χ0n) is 14.5. The van der Waals surface area contributed by atoms with Crippen LogP contribution in [0.25, 0.3) is 0 Å². The van der Waals surface area contributed by atoms with Crippen molar-refractivity contribution in [3.05, 3.63) is 55.6 Å². The Morgan fingerprint density at radius 2 is 2.04 bits per heavy atom. The molecule has 1 unspecified atom stereocenters. The first-order valence-electron chi connectivity index (χ1n) is 7.78. The van der Waals surface area contributed by atoms with Crippen molar-refractivity contribution in [2.24, 2.45) is 5.10 Å². The molecule has 0 fully saturated rings. The molecule has 9 heteroatoms. The van der Waals surface area contributed by atoms with Crippen LogP contribution in [0.3, 0.4) is 0 Å². The Morgan fingerprint density at radius 3 is 2.70 bits per heavy atom. The van der Waals surface area contributed by atoms with Gasteiger partial charge in [0.2, 0.25) is 0 Å². The number of benzene rings is 2. The van der Waals surface area contributed by atoms with Crippen molar-refractivity contribution < 1.29 is 19.4 Å². The van der Waals surface area contributed by atoms with Crippen molar-refractivity contribution in [2.75, 3.05) is 7.11 Å². The number of hydrogen-bond acceptors (Lipinski definition) is 5. The van der Waals surface area contributed by atoms with Crippen molar-refractivity contribution >= 4 is 56.5 Å². The zero-order chi connectivity index (χ0) is 20.0. The number of carbonyl (C=O) groups excluding carboxylic acids is 2. The fourth-order valence-electron chi connectivity index (χ4n) is 2.08. The van der Waals surface area contributed by atoms with Crippen LogP contribution in [0.15, 0.2) is 46.0 Å². The molecule has 0 spiro atoms. The lowest BCUT2D eigenvalue weighted by molar-refractivity contribution is -0.122. The summed E-state index contributed by atoms with van der Waals surface area (Å²) in [7, 11) is 1.45. The molecule has 0 aromatic heterocycles. The second-order valence-electron chi connectivity index (χ2n) is 5.46. The van der Waals surface area contributed by atoms with Crippen LogP contribution >= 0.6 is 38.5 Å². The van der Waals surface area contributed by atoms with Gasteiger partial charge in [0.1, 0.15) is 6.04 Å². The maximum atomic E-state index is 12.2. The molecular weight excluding hydrogens is 529 g/mol. The molecule has 2 aromatic rings. The quantitative estimate of drug-likeness (QED) is 0.295. The summed E-state index contributed by atoms with van der Waals surface area (Å²) < 4.78 is 6.31. The topological polar surface area (TPSA) is 100 Å². The molecule has 142 valence electrons. The average Bonchev–Trinajstić information content (AvgIpc) is 2.64. The molecule has 0 radical (unpaired) electrons. The minimum atomic E-state index is -0.781. The molecule has 0 aliphatic rings. The normalized spacial score (nSPS) is 11.9. The van der Waals surface area contributed by atoms with Gasteiger partial charge in [-0.15, -0.1) is 0 Å². The van der Waals surface area contributed by atoms with E-state index in [0.717, 1.165) is 0 Å². The molecule has 3 N–H and O–H groups in total. The van der Waals surface area contributed by atoms with Crippen molar-refractivity contribution in [3.63, 3.8) is 0 Å². The van der Waals surface area contributed by atoms with E-state index in [1.54, 1.807) is 43.3 Å². The third kappa shape index (κ3) is 5.67. The van der Waals surface area contributed by atoms with Gasteiger partial charge in [-0.2, -0.15) is 5.10 Å². The fourth-order valence-corrected chi connectivity index (χ4v) is 3.17. The molecule has 7 nitrogen and oxygen atoms in total. The van der Waals surface area contributed by atoms with Crippen LogP contribution < -0.4 is 15.5 Å². The lowest BCUT2D eigenvalue weighted by Gasteiger charge is -2.13. The largest absolute Gasteiger partial charge is 0.504 e. The summed E-state index contributed by atoms with van der Waals surface area (Å²) in [6.45, 7) is 1.56. The first kappa shape index (κ1) is 21.2. The Morgan fingerprint density at radius 1 is 1.33 bits per heavy atom. The third-order valence-electron chi connectivity index (χ3n) is 3.52. The van der Waals surface area contributed by atoms with Crippen molar-refractivity contribution in [2.45, 2.75) is 13.0 Å². The number of carbonyl (C=O) groups is 2. The van der Waals surface area contributed by atoms with Crippen LogP contribution in [0.4, 0.5) is 0 Å². The smallest absolute Gasteiger partial charge is 0.262 e. The van der Waals surface area contributed by atoms with Gasteiger partial charge in [-0.25, -0.2) is 5.43 Å². The molecule has 0 aliphatic carbocycles. The number of phenolic OH excluding ortho intramolecular Hbond substituents is 1. The van der Waals surface area contributed by atoms with Crippen molar-refractivity contribution in [1.82, 2.24) is 10.7 Å². The van der Waals surface area contributed by atoms with Crippen LogP contribution in [0, 0.1) is 3.57 Å². The van der Waals surface area contributed by atoms with Crippen molar-refractivity contribution in [3.8, 4) is 11.5 Å². The van der Waals surface area contributed by atoms with Crippen LogP contribution in [-0.2, 0) is 4.79 Å². The van der Waals surface area contributed by atoms with E-state index in [1.165, 1.54) is 13.3 Å². The van der Waals surface area contributed by atoms with Crippen LogP contribution in [0.5, 0.6) is 11.5 Å². The standard InChI is InChI=1S/C18H17BrIN3O4/c1-10(22-18(26)12-5-3-4-6-13(12)19)17(25)23-21-9-11-7-14(20)16(24)15(8-11)27-2/h3-10,24H,1-2H3,(H,22,26)(H,23,25)/b21-9+. The van der Waals surface area contributed by atoms with Gasteiger partial charge in [0.15, 0.2) is 11.5 Å². The van der Waals surface area contributed by atoms with E-state index in [9.17, 15) is 14.7 Å². The van der Waals surface area contributed by atoms with Gasteiger partial charge in [-0.3, -0.25) is 9.59 Å². The van der Waals surface area contributed by atoms with E-state index in [0.29, 0.717) is 24.9 Å². The summed E-state index contributed by atoms with van der Waals surface area (Å²) in [5.41, 5.74) is 3.45. The summed E-state index contributed by atoms with van der Waals surface area (Å²) in [5, 5.41) is 16.3. The summed E-state index contributed by atoms with van der Waals surface area (Å²) in [4.78, 5) is 24.3. The second kappa shape index (κ2) is 9.70. The molecule has 27 heavy (non-hydrogen) atoms. The van der Waals surface area contributed by atoms with E-state index in [1.807, 2.05) is 22.6 Å². The number of halogens is 2. The van der Waals surface area contributed by atoms with Crippen LogP contribution in [0.1, 0.15) is 22.8 Å². The zero-order valence-corrected chi connectivity index (χ0v) is 18.2. The molecule has 0 saturated heterocycles. The highest BCUT2D eigenvalue weighted by atomic mass is 127. The Kier molecular flexibility index (Phi) is 7.60. The lowest BCUT2D eigenvalue weighted by Crippen LogP contribution is -2.43. The summed E-state index contributed by atoms with van der Waals surface area (Å²) in [5.74, 6) is -0.481.